The molecule has 1 aromatic heterocycles. The van der Waals surface area contributed by atoms with Crippen molar-refractivity contribution >= 4 is 12.2 Å². The van der Waals surface area contributed by atoms with Crippen LogP contribution < -0.4 is 4.74 Å². The van der Waals surface area contributed by atoms with Crippen molar-refractivity contribution in [2.24, 2.45) is 5.92 Å². The van der Waals surface area contributed by atoms with Gasteiger partial charge in [-0.05, 0) is 55.6 Å². The van der Waals surface area contributed by atoms with E-state index in [-0.39, 0.29) is 0 Å². The zero-order valence-corrected chi connectivity index (χ0v) is 16.0. The van der Waals surface area contributed by atoms with Gasteiger partial charge in [-0.3, -0.25) is 9.67 Å². The van der Waals surface area contributed by atoms with Crippen LogP contribution in [0.5, 0.6) is 5.75 Å². The molecule has 0 spiro atoms. The number of hydrogen-bond acceptors (Lipinski definition) is 3. The molecule has 4 nitrogen and oxygen atoms in total. The molecule has 0 amide bonds. The topological polar surface area (TPSA) is 42.8 Å². The number of benzene rings is 1. The fourth-order valence-electron chi connectivity index (χ4n) is 2.81. The van der Waals surface area contributed by atoms with Crippen LogP contribution in [0.25, 0.3) is 0 Å². The van der Waals surface area contributed by atoms with Gasteiger partial charge in [-0.2, -0.15) is 5.10 Å². The Morgan fingerprint density at radius 1 is 1.17 bits per heavy atom. The largest absolute Gasteiger partial charge is 0.486 e. The van der Waals surface area contributed by atoms with Crippen LogP contribution in [-0.4, -0.2) is 14.8 Å². The number of hydrogen-bond donors (Lipinski definition) is 1. The van der Waals surface area contributed by atoms with Crippen molar-refractivity contribution in [1.82, 2.24) is 14.8 Å². The summed E-state index contributed by atoms with van der Waals surface area (Å²) in [6.07, 6.45) is 4.58. The molecule has 0 saturated heterocycles. The number of aromatic nitrogens is 3. The molecule has 132 valence electrons. The lowest BCUT2D eigenvalue weighted by Crippen LogP contribution is -2.12. The highest BCUT2D eigenvalue weighted by atomic mass is 32.1. The number of nitrogens with zero attached hydrogens (tertiary/aromatic N) is 2. The molecule has 5 heteroatoms. The van der Waals surface area contributed by atoms with Gasteiger partial charge in [0.1, 0.15) is 12.4 Å². The highest BCUT2D eigenvalue weighted by molar-refractivity contribution is 7.71. The van der Waals surface area contributed by atoms with E-state index in [9.17, 15) is 0 Å². The van der Waals surface area contributed by atoms with Gasteiger partial charge in [0.15, 0.2) is 10.6 Å². The Morgan fingerprint density at radius 2 is 1.88 bits per heavy atom. The van der Waals surface area contributed by atoms with Gasteiger partial charge in [-0.25, -0.2) is 0 Å². The Bertz CT molecular complexity index is 673. The maximum atomic E-state index is 5.89. The average molecular weight is 348 g/mol. The Balaban J connectivity index is 1.99. The van der Waals surface area contributed by atoms with E-state index in [0.29, 0.717) is 17.4 Å². The zero-order chi connectivity index (χ0) is 17.5. The van der Waals surface area contributed by atoms with Crippen molar-refractivity contribution in [3.8, 4) is 5.75 Å². The number of nitrogens with one attached hydrogen (secondary N) is 1. The highest BCUT2D eigenvalue weighted by Gasteiger charge is 2.13. The third-order valence-electron chi connectivity index (χ3n) is 4.32. The lowest BCUT2D eigenvalue weighted by atomic mass is 10.0. The van der Waals surface area contributed by atoms with E-state index in [1.54, 1.807) is 0 Å². The highest BCUT2D eigenvalue weighted by Crippen LogP contribution is 2.20. The maximum Gasteiger partial charge on any atom is 0.195 e. The zero-order valence-electron chi connectivity index (χ0n) is 15.2. The fourth-order valence-corrected chi connectivity index (χ4v) is 3.14. The third-order valence-corrected chi connectivity index (χ3v) is 4.61. The van der Waals surface area contributed by atoms with Crippen LogP contribution in [0.4, 0.5) is 0 Å². The standard InChI is InChI=1S/C19H29N3OS/c1-5-16-9-11-17(12-10-16)23-13-18-20-21-19(24)22(18)15(4)8-6-7-14(2)3/h9-12,14-15H,5-8,13H2,1-4H3,(H,21,24)/t15-/m0/s1. The smallest absolute Gasteiger partial charge is 0.195 e. The summed E-state index contributed by atoms with van der Waals surface area (Å²) in [5.41, 5.74) is 1.31. The number of aromatic amines is 1. The second kappa shape index (κ2) is 9.02. The summed E-state index contributed by atoms with van der Waals surface area (Å²) in [6, 6.07) is 8.55. The Labute approximate surface area is 150 Å². The first-order chi connectivity index (χ1) is 11.5. The van der Waals surface area contributed by atoms with Crippen LogP contribution in [0.15, 0.2) is 24.3 Å². The van der Waals surface area contributed by atoms with Gasteiger partial charge in [0, 0.05) is 6.04 Å². The monoisotopic (exact) mass is 347 g/mol. The predicted octanol–water partition coefficient (Wildman–Crippen LogP) is 5.47. The van der Waals surface area contributed by atoms with Gasteiger partial charge in [0.2, 0.25) is 0 Å². The summed E-state index contributed by atoms with van der Waals surface area (Å²) in [5, 5.41) is 7.26. The molecule has 0 saturated carbocycles. The van der Waals surface area contributed by atoms with Crippen molar-refractivity contribution in [2.75, 3.05) is 0 Å². The first kappa shape index (κ1) is 18.7. The van der Waals surface area contributed by atoms with E-state index >= 15 is 0 Å². The van der Waals surface area contributed by atoms with Crippen LogP contribution in [0.3, 0.4) is 0 Å². The van der Waals surface area contributed by atoms with Crippen LogP contribution in [-0.2, 0) is 13.0 Å². The normalized spacial score (nSPS) is 12.5. The van der Waals surface area contributed by atoms with Crippen LogP contribution in [0.1, 0.15) is 64.4 Å². The molecule has 2 rings (SSSR count). The maximum absolute atomic E-state index is 5.89. The molecule has 1 N–H and O–H groups in total. The van der Waals surface area contributed by atoms with Gasteiger partial charge in [-0.15, -0.1) is 0 Å². The van der Waals surface area contributed by atoms with Gasteiger partial charge < -0.3 is 4.74 Å². The van der Waals surface area contributed by atoms with E-state index in [1.165, 1.54) is 18.4 Å². The Morgan fingerprint density at radius 3 is 2.50 bits per heavy atom. The molecule has 0 aliphatic carbocycles. The van der Waals surface area contributed by atoms with E-state index in [1.807, 2.05) is 12.1 Å². The van der Waals surface area contributed by atoms with Crippen molar-refractivity contribution < 1.29 is 4.74 Å². The summed E-state index contributed by atoms with van der Waals surface area (Å²) in [4.78, 5) is 0. The summed E-state index contributed by atoms with van der Waals surface area (Å²) < 4.78 is 8.66. The minimum Gasteiger partial charge on any atom is -0.486 e. The molecule has 1 aromatic carbocycles. The van der Waals surface area contributed by atoms with Crippen molar-refractivity contribution in [3.63, 3.8) is 0 Å². The minimum atomic E-state index is 0.330. The lowest BCUT2D eigenvalue weighted by molar-refractivity contribution is 0.282. The molecule has 1 heterocycles. The van der Waals surface area contributed by atoms with Crippen LogP contribution >= 0.6 is 12.2 Å². The van der Waals surface area contributed by atoms with E-state index < -0.39 is 0 Å². The van der Waals surface area contributed by atoms with Crippen molar-refractivity contribution in [1.29, 1.82) is 0 Å². The van der Waals surface area contributed by atoms with Gasteiger partial charge in [0.25, 0.3) is 0 Å². The first-order valence-electron chi connectivity index (χ1n) is 8.88. The molecule has 0 aliphatic heterocycles. The van der Waals surface area contributed by atoms with Gasteiger partial charge >= 0.3 is 0 Å². The molecule has 24 heavy (non-hydrogen) atoms. The van der Waals surface area contributed by atoms with Crippen LogP contribution in [0, 0.1) is 10.7 Å². The van der Waals surface area contributed by atoms with Gasteiger partial charge in [0.05, 0.1) is 0 Å². The fraction of sp³-hybridized carbons (Fsp3) is 0.579. The average Bonchev–Trinajstić information content (AvgIpc) is 2.93. The van der Waals surface area contributed by atoms with E-state index in [4.69, 9.17) is 17.0 Å². The predicted molar refractivity (Wildman–Crippen MR) is 101 cm³/mol. The van der Waals surface area contributed by atoms with Gasteiger partial charge in [-0.1, -0.05) is 45.7 Å². The second-order valence-electron chi connectivity index (χ2n) is 6.77. The number of ether oxygens (including phenoxy) is 1. The summed E-state index contributed by atoms with van der Waals surface area (Å²) in [5.74, 6) is 2.46. The molecule has 1 atom stereocenters. The number of aryl methyl sites for hydroxylation is 1. The first-order valence-corrected chi connectivity index (χ1v) is 9.29. The molecule has 0 bridgehead atoms. The quantitative estimate of drug-likeness (QED) is 0.612. The van der Waals surface area contributed by atoms with Crippen molar-refractivity contribution in [2.45, 2.75) is 66.0 Å². The third kappa shape index (κ3) is 5.20. The molecular formula is C19H29N3OS. The molecule has 0 fully saturated rings. The summed E-state index contributed by atoms with van der Waals surface area (Å²) in [7, 11) is 0. The second-order valence-corrected chi connectivity index (χ2v) is 7.16. The summed E-state index contributed by atoms with van der Waals surface area (Å²) >= 11 is 5.40. The van der Waals surface area contributed by atoms with E-state index in [0.717, 1.165) is 30.3 Å². The molecule has 0 radical (unpaired) electrons. The van der Waals surface area contributed by atoms with Crippen molar-refractivity contribution in [3.05, 3.63) is 40.4 Å². The van der Waals surface area contributed by atoms with E-state index in [2.05, 4.69) is 54.6 Å². The minimum absolute atomic E-state index is 0.330. The molecule has 0 aliphatic rings. The molecular weight excluding hydrogens is 318 g/mol. The SMILES string of the molecule is CCc1ccc(OCc2n[nH]c(=S)n2[C@@H](C)CCCC(C)C)cc1. The number of rotatable bonds is 9. The van der Waals surface area contributed by atoms with Crippen LogP contribution in [0.2, 0.25) is 0 Å². The summed E-state index contributed by atoms with van der Waals surface area (Å²) in [6.45, 7) is 9.29. The molecule has 2 aromatic rings. The lowest BCUT2D eigenvalue weighted by Gasteiger charge is -2.16. The number of H-pyrrole nitrogens is 1. The molecule has 0 unspecified atom stereocenters. The Kier molecular flexibility index (Phi) is 7.03. The Hall–Kier alpha value is -1.62.